The number of benzene rings is 2. The number of aliphatic imine (C=N–C) groups is 1. The van der Waals surface area contributed by atoms with Crippen LogP contribution in [-0.4, -0.2) is 18.5 Å². The molecule has 1 aliphatic heterocycles. The van der Waals surface area contributed by atoms with Gasteiger partial charge in [-0.1, -0.05) is 35.3 Å². The van der Waals surface area contributed by atoms with Gasteiger partial charge in [-0.15, -0.1) is 0 Å². The summed E-state index contributed by atoms with van der Waals surface area (Å²) in [6.07, 6.45) is 1.65. The molecule has 0 bridgehead atoms. The van der Waals surface area contributed by atoms with Crippen molar-refractivity contribution in [2.45, 2.75) is 6.92 Å². The smallest absolute Gasteiger partial charge is 0.363 e. The Labute approximate surface area is 149 Å². The summed E-state index contributed by atoms with van der Waals surface area (Å²) in [6.45, 7) is 2.52. The van der Waals surface area contributed by atoms with E-state index in [0.717, 1.165) is 11.3 Å². The number of cyclic esters (lactones) is 1. The van der Waals surface area contributed by atoms with Crippen LogP contribution in [-0.2, 0) is 9.53 Å². The third-order valence-electron chi connectivity index (χ3n) is 3.28. The van der Waals surface area contributed by atoms with E-state index in [2.05, 4.69) is 4.99 Å². The quantitative estimate of drug-likeness (QED) is 0.583. The van der Waals surface area contributed by atoms with Crippen molar-refractivity contribution < 1.29 is 14.3 Å². The standard InChI is InChI=1S/C18H13Cl2NO3/c1-2-23-13-6-3-11(4-7-13)9-16-18(22)24-17(21-16)14-8-5-12(19)10-15(14)20/h3-10H,2H2,1H3/b16-9+. The third kappa shape index (κ3) is 3.61. The molecule has 1 aliphatic rings. The summed E-state index contributed by atoms with van der Waals surface area (Å²) in [4.78, 5) is 16.2. The van der Waals surface area contributed by atoms with E-state index in [-0.39, 0.29) is 11.6 Å². The van der Waals surface area contributed by atoms with E-state index < -0.39 is 5.97 Å². The van der Waals surface area contributed by atoms with Crippen molar-refractivity contribution in [3.8, 4) is 5.75 Å². The maximum absolute atomic E-state index is 12.0. The Morgan fingerprint density at radius 2 is 1.92 bits per heavy atom. The van der Waals surface area contributed by atoms with Gasteiger partial charge in [0.2, 0.25) is 5.90 Å². The molecule has 122 valence electrons. The molecule has 2 aromatic rings. The Hall–Kier alpha value is -2.30. The van der Waals surface area contributed by atoms with Gasteiger partial charge in [0.05, 0.1) is 17.2 Å². The highest BCUT2D eigenvalue weighted by atomic mass is 35.5. The molecule has 0 N–H and O–H groups in total. The molecule has 0 saturated heterocycles. The summed E-state index contributed by atoms with van der Waals surface area (Å²) >= 11 is 12.0. The van der Waals surface area contributed by atoms with Crippen molar-refractivity contribution in [2.24, 2.45) is 4.99 Å². The number of rotatable bonds is 4. The lowest BCUT2D eigenvalue weighted by molar-refractivity contribution is -0.129. The highest BCUT2D eigenvalue weighted by Gasteiger charge is 2.25. The predicted molar refractivity (Wildman–Crippen MR) is 94.7 cm³/mol. The third-order valence-corrected chi connectivity index (χ3v) is 3.82. The lowest BCUT2D eigenvalue weighted by Crippen LogP contribution is -2.05. The van der Waals surface area contributed by atoms with Crippen LogP contribution in [0, 0.1) is 0 Å². The second-order valence-corrected chi connectivity index (χ2v) is 5.81. The van der Waals surface area contributed by atoms with Gasteiger partial charge in [0.1, 0.15) is 5.75 Å². The van der Waals surface area contributed by atoms with Crippen LogP contribution >= 0.6 is 23.2 Å². The van der Waals surface area contributed by atoms with Crippen LogP contribution in [0.4, 0.5) is 0 Å². The largest absolute Gasteiger partial charge is 0.494 e. The molecule has 1 heterocycles. The highest BCUT2D eigenvalue weighted by Crippen LogP contribution is 2.26. The highest BCUT2D eigenvalue weighted by molar-refractivity contribution is 6.37. The fourth-order valence-electron chi connectivity index (χ4n) is 2.17. The van der Waals surface area contributed by atoms with Crippen LogP contribution in [0.2, 0.25) is 10.0 Å². The number of carbonyl (C=O) groups excluding carboxylic acids is 1. The van der Waals surface area contributed by atoms with E-state index in [1.54, 1.807) is 24.3 Å². The van der Waals surface area contributed by atoms with Gasteiger partial charge >= 0.3 is 5.97 Å². The van der Waals surface area contributed by atoms with Gasteiger partial charge in [-0.2, -0.15) is 0 Å². The second kappa shape index (κ2) is 7.07. The van der Waals surface area contributed by atoms with Crippen LogP contribution in [0.25, 0.3) is 6.08 Å². The Kier molecular flexibility index (Phi) is 4.88. The molecule has 6 heteroatoms. The van der Waals surface area contributed by atoms with Gasteiger partial charge in [0.15, 0.2) is 5.70 Å². The first-order valence-electron chi connectivity index (χ1n) is 7.27. The Balaban J connectivity index is 1.88. The topological polar surface area (TPSA) is 47.9 Å². The van der Waals surface area contributed by atoms with Crippen molar-refractivity contribution in [3.05, 3.63) is 69.3 Å². The molecule has 3 rings (SSSR count). The molecule has 0 fully saturated rings. The number of carbonyl (C=O) groups is 1. The number of esters is 1. The summed E-state index contributed by atoms with van der Waals surface area (Å²) in [5, 5.41) is 0.871. The zero-order valence-corrected chi connectivity index (χ0v) is 14.3. The molecule has 0 unspecified atom stereocenters. The molecule has 4 nitrogen and oxygen atoms in total. The van der Waals surface area contributed by atoms with Gasteiger partial charge < -0.3 is 9.47 Å². The number of hydrogen-bond acceptors (Lipinski definition) is 4. The van der Waals surface area contributed by atoms with E-state index >= 15 is 0 Å². The minimum Gasteiger partial charge on any atom is -0.494 e. The summed E-state index contributed by atoms with van der Waals surface area (Å²) in [5.74, 6) is 0.412. The number of hydrogen-bond donors (Lipinski definition) is 0. The van der Waals surface area contributed by atoms with Crippen LogP contribution in [0.3, 0.4) is 0 Å². The zero-order valence-electron chi connectivity index (χ0n) is 12.8. The van der Waals surface area contributed by atoms with Crippen LogP contribution in [0.15, 0.2) is 53.2 Å². The monoisotopic (exact) mass is 361 g/mol. The molecule has 0 atom stereocenters. The molecule has 0 radical (unpaired) electrons. The molecule has 0 spiro atoms. The van der Waals surface area contributed by atoms with Crippen LogP contribution < -0.4 is 4.74 Å². The van der Waals surface area contributed by atoms with E-state index in [4.69, 9.17) is 32.7 Å². The Bertz CT molecular complexity index is 842. The molecule has 0 amide bonds. The first-order valence-corrected chi connectivity index (χ1v) is 8.03. The zero-order chi connectivity index (χ0) is 17.1. The second-order valence-electron chi connectivity index (χ2n) is 4.96. The molecular weight excluding hydrogens is 349 g/mol. The van der Waals surface area contributed by atoms with Crippen LogP contribution in [0.1, 0.15) is 18.1 Å². The first kappa shape index (κ1) is 16.6. The molecular formula is C18H13Cl2NO3. The van der Waals surface area contributed by atoms with E-state index in [9.17, 15) is 4.79 Å². The first-order chi connectivity index (χ1) is 11.6. The van der Waals surface area contributed by atoms with Gasteiger partial charge in [-0.05, 0) is 48.9 Å². The fourth-order valence-corrected chi connectivity index (χ4v) is 2.66. The predicted octanol–water partition coefficient (Wildman–Crippen LogP) is 4.74. The summed E-state index contributed by atoms with van der Waals surface area (Å²) in [6, 6.07) is 12.2. The maximum Gasteiger partial charge on any atom is 0.363 e. The summed E-state index contributed by atoms with van der Waals surface area (Å²) in [5.41, 5.74) is 1.54. The summed E-state index contributed by atoms with van der Waals surface area (Å²) < 4.78 is 10.6. The molecule has 0 aromatic heterocycles. The number of nitrogens with zero attached hydrogens (tertiary/aromatic N) is 1. The molecule has 24 heavy (non-hydrogen) atoms. The van der Waals surface area contributed by atoms with Gasteiger partial charge in [-0.25, -0.2) is 9.79 Å². The van der Waals surface area contributed by atoms with Crippen molar-refractivity contribution in [2.75, 3.05) is 6.61 Å². The molecule has 0 aliphatic carbocycles. The lowest BCUT2D eigenvalue weighted by Gasteiger charge is -2.02. The van der Waals surface area contributed by atoms with Gasteiger partial charge in [0, 0.05) is 5.02 Å². The fraction of sp³-hybridized carbons (Fsp3) is 0.111. The number of ether oxygens (including phenoxy) is 2. The summed E-state index contributed by atoms with van der Waals surface area (Å²) in [7, 11) is 0. The maximum atomic E-state index is 12.0. The minimum atomic E-state index is -0.523. The minimum absolute atomic E-state index is 0.166. The molecule has 0 saturated carbocycles. The molecule has 2 aromatic carbocycles. The van der Waals surface area contributed by atoms with E-state index in [1.165, 1.54) is 0 Å². The van der Waals surface area contributed by atoms with Gasteiger partial charge in [0.25, 0.3) is 0 Å². The van der Waals surface area contributed by atoms with Gasteiger partial charge in [-0.3, -0.25) is 0 Å². The van der Waals surface area contributed by atoms with E-state index in [1.807, 2.05) is 31.2 Å². The Morgan fingerprint density at radius 1 is 1.17 bits per heavy atom. The van der Waals surface area contributed by atoms with E-state index in [0.29, 0.717) is 22.2 Å². The van der Waals surface area contributed by atoms with Crippen LogP contribution in [0.5, 0.6) is 5.75 Å². The van der Waals surface area contributed by atoms with Crippen molar-refractivity contribution in [3.63, 3.8) is 0 Å². The normalized spacial score (nSPS) is 15.4. The average molecular weight is 362 g/mol. The SMILES string of the molecule is CCOc1ccc(/C=C2/N=C(c3ccc(Cl)cc3Cl)OC2=O)cc1. The van der Waals surface area contributed by atoms with Crippen molar-refractivity contribution in [1.82, 2.24) is 0 Å². The number of halogens is 2. The Morgan fingerprint density at radius 3 is 2.58 bits per heavy atom. The lowest BCUT2D eigenvalue weighted by atomic mass is 10.2. The average Bonchev–Trinajstić information content (AvgIpc) is 2.90. The van der Waals surface area contributed by atoms with Crippen molar-refractivity contribution in [1.29, 1.82) is 0 Å². The van der Waals surface area contributed by atoms with Crippen molar-refractivity contribution >= 4 is 41.1 Å².